The Kier molecular flexibility index (Phi) is 3.16. The second kappa shape index (κ2) is 4.47. The first-order valence-corrected chi connectivity index (χ1v) is 7.91. The predicted molar refractivity (Wildman–Crippen MR) is 76.5 cm³/mol. The second-order valence-electron chi connectivity index (χ2n) is 8.25. The van der Waals surface area contributed by atoms with Gasteiger partial charge in [-0.25, -0.2) is 0 Å². The van der Waals surface area contributed by atoms with E-state index in [1.54, 1.807) is 0 Å². The van der Waals surface area contributed by atoms with E-state index >= 15 is 0 Å². The first-order valence-electron chi connectivity index (χ1n) is 7.91. The highest BCUT2D eigenvalue weighted by molar-refractivity contribution is 5.83. The molecule has 4 aliphatic carbocycles. The van der Waals surface area contributed by atoms with E-state index in [2.05, 4.69) is 19.2 Å². The highest BCUT2D eigenvalue weighted by Gasteiger charge is 2.54. The lowest BCUT2D eigenvalue weighted by Crippen LogP contribution is -2.54. The highest BCUT2D eigenvalue weighted by Crippen LogP contribution is 2.60. The van der Waals surface area contributed by atoms with Gasteiger partial charge >= 0.3 is 0 Å². The van der Waals surface area contributed by atoms with E-state index in [9.17, 15) is 4.79 Å². The summed E-state index contributed by atoms with van der Waals surface area (Å²) < 4.78 is 0. The van der Waals surface area contributed by atoms with Gasteiger partial charge in [0.25, 0.3) is 0 Å². The molecule has 1 amide bonds. The Morgan fingerprint density at radius 1 is 1.16 bits per heavy atom. The van der Waals surface area contributed by atoms with Crippen LogP contribution in [0.2, 0.25) is 0 Å². The molecule has 108 valence electrons. The first kappa shape index (κ1) is 13.4. The van der Waals surface area contributed by atoms with Crippen LogP contribution in [0.1, 0.15) is 52.4 Å². The van der Waals surface area contributed by atoms with Gasteiger partial charge in [-0.2, -0.15) is 0 Å². The Morgan fingerprint density at radius 3 is 2.05 bits per heavy atom. The third-order valence-electron chi connectivity index (χ3n) is 5.80. The molecule has 4 rings (SSSR count). The molecule has 4 fully saturated rings. The topological polar surface area (TPSA) is 55.1 Å². The fourth-order valence-corrected chi connectivity index (χ4v) is 4.97. The van der Waals surface area contributed by atoms with Crippen molar-refractivity contribution in [3.8, 4) is 0 Å². The van der Waals surface area contributed by atoms with E-state index in [1.165, 1.54) is 19.3 Å². The van der Waals surface area contributed by atoms with Crippen LogP contribution in [0.3, 0.4) is 0 Å². The van der Waals surface area contributed by atoms with Crippen molar-refractivity contribution in [2.24, 2.45) is 34.3 Å². The number of amides is 1. The maximum atomic E-state index is 12.7. The standard InChI is InChI=1S/C16H28N2O/c1-15(2,9-17)10-18-14(19)16-6-11-3-12(7-16)5-13(4-11)8-16/h11-13H,3-10,17H2,1-2H3,(H,18,19). The molecule has 0 aromatic rings. The number of carbonyl (C=O) groups excluding carboxylic acids is 1. The van der Waals surface area contributed by atoms with Gasteiger partial charge in [-0.3, -0.25) is 4.79 Å². The first-order chi connectivity index (χ1) is 8.92. The zero-order chi connectivity index (χ0) is 13.7. The number of nitrogens with two attached hydrogens (primary N) is 1. The van der Waals surface area contributed by atoms with Crippen molar-refractivity contribution >= 4 is 5.91 Å². The molecule has 19 heavy (non-hydrogen) atoms. The Hall–Kier alpha value is -0.570. The summed E-state index contributed by atoms with van der Waals surface area (Å²) in [4.78, 5) is 12.7. The molecule has 0 spiro atoms. The van der Waals surface area contributed by atoms with Crippen LogP contribution in [0, 0.1) is 28.6 Å². The van der Waals surface area contributed by atoms with Gasteiger partial charge in [-0.05, 0) is 68.2 Å². The third-order valence-corrected chi connectivity index (χ3v) is 5.80. The van der Waals surface area contributed by atoms with Crippen LogP contribution in [-0.2, 0) is 4.79 Å². The summed E-state index contributed by atoms with van der Waals surface area (Å²) in [5.74, 6) is 2.83. The number of rotatable bonds is 4. The van der Waals surface area contributed by atoms with Gasteiger partial charge in [0.15, 0.2) is 0 Å². The normalized spacial score (nSPS) is 40.5. The van der Waals surface area contributed by atoms with E-state index in [1.807, 2.05) is 0 Å². The van der Waals surface area contributed by atoms with Crippen LogP contribution < -0.4 is 11.1 Å². The molecule has 0 aromatic carbocycles. The van der Waals surface area contributed by atoms with Gasteiger partial charge in [0.2, 0.25) is 5.91 Å². The van der Waals surface area contributed by atoms with Crippen LogP contribution in [0.5, 0.6) is 0 Å². The number of carbonyl (C=O) groups is 1. The Bertz CT molecular complexity index is 340. The molecule has 4 saturated carbocycles. The lowest BCUT2D eigenvalue weighted by atomic mass is 9.49. The average Bonchev–Trinajstić information content (AvgIpc) is 2.34. The molecule has 3 N–H and O–H groups in total. The molecule has 0 atom stereocenters. The molecule has 3 heteroatoms. The summed E-state index contributed by atoms with van der Waals surface area (Å²) in [6, 6.07) is 0. The van der Waals surface area contributed by atoms with Crippen molar-refractivity contribution in [1.29, 1.82) is 0 Å². The van der Waals surface area contributed by atoms with Crippen molar-refractivity contribution in [2.45, 2.75) is 52.4 Å². The van der Waals surface area contributed by atoms with Gasteiger partial charge in [0, 0.05) is 12.0 Å². The number of nitrogens with one attached hydrogen (secondary N) is 1. The summed E-state index contributed by atoms with van der Waals surface area (Å²) in [6.07, 6.45) is 7.61. The van der Waals surface area contributed by atoms with Crippen molar-refractivity contribution in [2.75, 3.05) is 13.1 Å². The molecular weight excluding hydrogens is 236 g/mol. The molecule has 0 unspecified atom stereocenters. The highest BCUT2D eigenvalue weighted by atomic mass is 16.2. The summed E-state index contributed by atoms with van der Waals surface area (Å²) in [5.41, 5.74) is 5.74. The minimum absolute atomic E-state index is 0.0119. The molecular formula is C16H28N2O. The molecule has 4 bridgehead atoms. The second-order valence-corrected chi connectivity index (χ2v) is 8.25. The smallest absolute Gasteiger partial charge is 0.226 e. The molecule has 0 radical (unpaired) electrons. The van der Waals surface area contributed by atoms with Crippen LogP contribution in [0.25, 0.3) is 0 Å². The monoisotopic (exact) mass is 264 g/mol. The zero-order valence-electron chi connectivity index (χ0n) is 12.4. The van der Waals surface area contributed by atoms with Crippen LogP contribution in [-0.4, -0.2) is 19.0 Å². The minimum atomic E-state index is -0.0145. The zero-order valence-corrected chi connectivity index (χ0v) is 12.4. The van der Waals surface area contributed by atoms with Crippen LogP contribution in [0.15, 0.2) is 0 Å². The van der Waals surface area contributed by atoms with Crippen molar-refractivity contribution in [3.63, 3.8) is 0 Å². The van der Waals surface area contributed by atoms with E-state index < -0.39 is 0 Å². The van der Waals surface area contributed by atoms with Crippen LogP contribution in [0.4, 0.5) is 0 Å². The van der Waals surface area contributed by atoms with E-state index in [0.29, 0.717) is 19.0 Å². The summed E-state index contributed by atoms with van der Waals surface area (Å²) in [7, 11) is 0. The van der Waals surface area contributed by atoms with Crippen molar-refractivity contribution < 1.29 is 4.79 Å². The molecule has 0 heterocycles. The Balaban J connectivity index is 1.66. The van der Waals surface area contributed by atoms with Crippen molar-refractivity contribution in [1.82, 2.24) is 5.32 Å². The third kappa shape index (κ3) is 2.42. The van der Waals surface area contributed by atoms with Gasteiger partial charge in [-0.15, -0.1) is 0 Å². The molecule has 0 aromatic heterocycles. The van der Waals surface area contributed by atoms with Crippen molar-refractivity contribution in [3.05, 3.63) is 0 Å². The quantitative estimate of drug-likeness (QED) is 0.818. The Labute approximate surface area is 116 Å². The fourth-order valence-electron chi connectivity index (χ4n) is 4.97. The molecule has 0 saturated heterocycles. The number of hydrogen-bond acceptors (Lipinski definition) is 2. The summed E-state index contributed by atoms with van der Waals surface area (Å²) >= 11 is 0. The van der Waals surface area contributed by atoms with Gasteiger partial charge in [0.1, 0.15) is 0 Å². The number of hydrogen-bond donors (Lipinski definition) is 2. The van der Waals surface area contributed by atoms with E-state index in [4.69, 9.17) is 5.73 Å². The summed E-state index contributed by atoms with van der Waals surface area (Å²) in [6.45, 7) is 5.57. The lowest BCUT2D eigenvalue weighted by Gasteiger charge is -2.55. The largest absolute Gasteiger partial charge is 0.355 e. The predicted octanol–water partition coefficient (Wildman–Crippen LogP) is 2.30. The Morgan fingerprint density at radius 2 is 1.63 bits per heavy atom. The van der Waals surface area contributed by atoms with Gasteiger partial charge < -0.3 is 11.1 Å². The summed E-state index contributed by atoms with van der Waals surface area (Å²) in [5, 5.41) is 3.21. The van der Waals surface area contributed by atoms with Gasteiger partial charge in [-0.1, -0.05) is 13.8 Å². The fraction of sp³-hybridized carbons (Fsp3) is 0.938. The lowest BCUT2D eigenvalue weighted by molar-refractivity contribution is -0.146. The van der Waals surface area contributed by atoms with Gasteiger partial charge in [0.05, 0.1) is 0 Å². The molecule has 3 nitrogen and oxygen atoms in total. The van der Waals surface area contributed by atoms with E-state index in [-0.39, 0.29) is 10.8 Å². The molecule has 0 aliphatic heterocycles. The minimum Gasteiger partial charge on any atom is -0.355 e. The SMILES string of the molecule is CC(C)(CN)CNC(=O)C12CC3CC(CC(C3)C1)C2. The van der Waals surface area contributed by atoms with E-state index in [0.717, 1.165) is 37.0 Å². The maximum Gasteiger partial charge on any atom is 0.226 e. The van der Waals surface area contributed by atoms with Crippen LogP contribution >= 0.6 is 0 Å². The maximum absolute atomic E-state index is 12.7. The molecule has 4 aliphatic rings. The average molecular weight is 264 g/mol.